The van der Waals surface area contributed by atoms with Crippen molar-refractivity contribution in [3.63, 3.8) is 0 Å². The van der Waals surface area contributed by atoms with Crippen molar-refractivity contribution in [2.45, 2.75) is 5.22 Å². The van der Waals surface area contributed by atoms with Crippen LogP contribution in [0, 0.1) is 10.1 Å². The summed E-state index contributed by atoms with van der Waals surface area (Å²) in [7, 11) is 2.12. The highest BCUT2D eigenvalue weighted by atomic mass is 32.2. The molecule has 1 aliphatic heterocycles. The Balaban J connectivity index is 1.27. The van der Waals surface area contributed by atoms with E-state index in [1.165, 1.54) is 12.1 Å². The third kappa shape index (κ3) is 5.42. The van der Waals surface area contributed by atoms with Crippen LogP contribution in [0.4, 0.5) is 17.1 Å². The number of likely N-dealkylation sites (N-methyl/N-ethyl adjacent to an activating group) is 1. The number of non-ortho nitro benzene ring substituents is 1. The Labute approximate surface area is 188 Å². The molecule has 166 valence electrons. The second kappa shape index (κ2) is 9.79. The summed E-state index contributed by atoms with van der Waals surface area (Å²) in [5.41, 5.74) is 2.43. The van der Waals surface area contributed by atoms with Gasteiger partial charge in [-0.3, -0.25) is 14.9 Å². The minimum atomic E-state index is -0.475. The quantitative estimate of drug-likeness (QED) is 0.326. The summed E-state index contributed by atoms with van der Waals surface area (Å²) in [6.07, 6.45) is 0. The van der Waals surface area contributed by atoms with Crippen molar-refractivity contribution < 1.29 is 14.1 Å². The molecule has 0 spiro atoms. The fraction of sp³-hybridized carbons (Fsp3) is 0.286. The molecule has 0 bridgehead atoms. The van der Waals surface area contributed by atoms with E-state index in [-0.39, 0.29) is 28.5 Å². The predicted molar refractivity (Wildman–Crippen MR) is 122 cm³/mol. The molecule has 4 rings (SSSR count). The fourth-order valence-corrected chi connectivity index (χ4v) is 3.82. The van der Waals surface area contributed by atoms with Gasteiger partial charge in [0.1, 0.15) is 0 Å². The average Bonchev–Trinajstić information content (AvgIpc) is 3.28. The average molecular weight is 455 g/mol. The molecule has 1 saturated heterocycles. The monoisotopic (exact) mass is 454 g/mol. The number of rotatable bonds is 7. The second-order valence-corrected chi connectivity index (χ2v) is 8.28. The third-order valence-corrected chi connectivity index (χ3v) is 5.90. The Kier molecular flexibility index (Phi) is 6.66. The van der Waals surface area contributed by atoms with Crippen molar-refractivity contribution in [3.8, 4) is 11.5 Å². The van der Waals surface area contributed by atoms with E-state index in [4.69, 9.17) is 4.42 Å². The first-order valence-corrected chi connectivity index (χ1v) is 11.0. The number of hydrogen-bond donors (Lipinski definition) is 1. The summed E-state index contributed by atoms with van der Waals surface area (Å²) in [4.78, 5) is 27.2. The number of piperazine rings is 1. The molecule has 32 heavy (non-hydrogen) atoms. The zero-order valence-electron chi connectivity index (χ0n) is 17.4. The summed E-state index contributed by atoms with van der Waals surface area (Å²) >= 11 is 1.12. The maximum Gasteiger partial charge on any atom is 0.277 e. The van der Waals surface area contributed by atoms with Crippen molar-refractivity contribution in [3.05, 3.63) is 58.6 Å². The lowest BCUT2D eigenvalue weighted by Gasteiger charge is -2.34. The van der Waals surface area contributed by atoms with Crippen LogP contribution in [0.2, 0.25) is 0 Å². The first-order chi connectivity index (χ1) is 15.5. The number of nitrogens with zero attached hydrogens (tertiary/aromatic N) is 5. The van der Waals surface area contributed by atoms with E-state index in [1.54, 1.807) is 12.1 Å². The van der Waals surface area contributed by atoms with Gasteiger partial charge in [0.15, 0.2) is 0 Å². The number of hydrogen-bond acceptors (Lipinski definition) is 9. The first kappa shape index (κ1) is 21.8. The molecule has 0 aliphatic carbocycles. The summed E-state index contributed by atoms with van der Waals surface area (Å²) < 4.78 is 5.54. The number of nitrogens with one attached hydrogen (secondary N) is 1. The molecule has 1 aromatic heterocycles. The third-order valence-electron chi connectivity index (χ3n) is 5.08. The van der Waals surface area contributed by atoms with Crippen LogP contribution in [-0.4, -0.2) is 64.9 Å². The summed E-state index contributed by atoms with van der Waals surface area (Å²) in [5, 5.41) is 21.7. The SMILES string of the molecule is CN1CCN(c2ccc(NC(=O)CSc3nnc(-c4ccc([N+](=O)[O-])cc4)o3)cc2)CC1. The molecule has 2 aromatic carbocycles. The number of nitro groups is 1. The number of aromatic nitrogens is 2. The van der Waals surface area contributed by atoms with Gasteiger partial charge >= 0.3 is 0 Å². The van der Waals surface area contributed by atoms with E-state index >= 15 is 0 Å². The molecular formula is C21H22N6O4S. The molecule has 2 heterocycles. The molecule has 0 atom stereocenters. The van der Waals surface area contributed by atoms with Crippen LogP contribution in [0.3, 0.4) is 0 Å². The van der Waals surface area contributed by atoms with Gasteiger partial charge in [-0.15, -0.1) is 10.2 Å². The summed E-state index contributed by atoms with van der Waals surface area (Å²) in [6, 6.07) is 13.6. The second-order valence-electron chi connectivity index (χ2n) is 7.35. The van der Waals surface area contributed by atoms with Crippen molar-refractivity contribution >= 4 is 34.7 Å². The lowest BCUT2D eigenvalue weighted by atomic mass is 10.2. The zero-order chi connectivity index (χ0) is 22.5. The Hall–Kier alpha value is -3.44. The standard InChI is InChI=1S/C21H22N6O4S/c1-25-10-12-26(13-11-25)17-8-4-16(5-9-17)22-19(28)14-32-21-24-23-20(31-21)15-2-6-18(7-3-15)27(29)30/h2-9H,10-14H2,1H3,(H,22,28). The van der Waals surface area contributed by atoms with Crippen LogP contribution in [0.1, 0.15) is 0 Å². The minimum absolute atomic E-state index is 0.0175. The van der Waals surface area contributed by atoms with E-state index in [9.17, 15) is 14.9 Å². The topological polar surface area (TPSA) is 118 Å². The molecule has 1 aliphatic rings. The van der Waals surface area contributed by atoms with E-state index in [0.29, 0.717) is 5.56 Å². The Morgan fingerprint density at radius 1 is 1.09 bits per heavy atom. The van der Waals surface area contributed by atoms with Gasteiger partial charge in [-0.1, -0.05) is 11.8 Å². The molecule has 1 N–H and O–H groups in total. The van der Waals surface area contributed by atoms with Crippen LogP contribution in [0.25, 0.3) is 11.5 Å². The summed E-state index contributed by atoms with van der Waals surface area (Å²) in [5.74, 6) is 0.169. The molecule has 0 saturated carbocycles. The zero-order valence-corrected chi connectivity index (χ0v) is 18.2. The molecule has 11 heteroatoms. The van der Waals surface area contributed by atoms with Crippen LogP contribution < -0.4 is 10.2 Å². The van der Waals surface area contributed by atoms with Crippen LogP contribution in [-0.2, 0) is 4.79 Å². The number of anilines is 2. The van der Waals surface area contributed by atoms with Crippen molar-refractivity contribution in [1.82, 2.24) is 15.1 Å². The van der Waals surface area contributed by atoms with Gasteiger partial charge in [0.05, 0.1) is 10.7 Å². The molecule has 0 radical (unpaired) electrons. The largest absolute Gasteiger partial charge is 0.411 e. The predicted octanol–water partition coefficient (Wildman–Crippen LogP) is 3.13. The number of amides is 1. The van der Waals surface area contributed by atoms with Crippen molar-refractivity contribution in [2.24, 2.45) is 0 Å². The summed E-state index contributed by atoms with van der Waals surface area (Å²) in [6.45, 7) is 4.06. The normalized spacial score (nSPS) is 14.3. The Morgan fingerprint density at radius 2 is 1.78 bits per heavy atom. The van der Waals surface area contributed by atoms with Crippen LogP contribution >= 0.6 is 11.8 Å². The van der Waals surface area contributed by atoms with Crippen molar-refractivity contribution in [2.75, 3.05) is 49.2 Å². The number of carbonyl (C=O) groups is 1. The van der Waals surface area contributed by atoms with E-state index < -0.39 is 4.92 Å². The van der Waals surface area contributed by atoms with Gasteiger partial charge in [0, 0.05) is 55.2 Å². The maximum atomic E-state index is 12.3. The van der Waals surface area contributed by atoms with Crippen LogP contribution in [0.15, 0.2) is 58.2 Å². The van der Waals surface area contributed by atoms with Crippen LogP contribution in [0.5, 0.6) is 0 Å². The number of thioether (sulfide) groups is 1. The van der Waals surface area contributed by atoms with E-state index in [0.717, 1.165) is 49.3 Å². The lowest BCUT2D eigenvalue weighted by molar-refractivity contribution is -0.384. The minimum Gasteiger partial charge on any atom is -0.411 e. The van der Waals surface area contributed by atoms with Crippen molar-refractivity contribution in [1.29, 1.82) is 0 Å². The number of benzene rings is 2. The van der Waals surface area contributed by atoms with Gasteiger partial charge in [-0.05, 0) is 43.4 Å². The molecule has 1 fully saturated rings. The molecule has 1 amide bonds. The number of nitro benzene ring substituents is 1. The Morgan fingerprint density at radius 3 is 2.44 bits per heavy atom. The molecule has 10 nitrogen and oxygen atoms in total. The van der Waals surface area contributed by atoms with E-state index in [2.05, 4.69) is 32.4 Å². The first-order valence-electron chi connectivity index (χ1n) is 10.0. The maximum absolute atomic E-state index is 12.3. The van der Waals surface area contributed by atoms with Gasteiger partial charge in [-0.2, -0.15) is 0 Å². The van der Waals surface area contributed by atoms with Gasteiger partial charge in [-0.25, -0.2) is 0 Å². The number of carbonyl (C=O) groups excluding carboxylic acids is 1. The van der Waals surface area contributed by atoms with Gasteiger partial charge < -0.3 is 19.5 Å². The lowest BCUT2D eigenvalue weighted by Crippen LogP contribution is -2.44. The highest BCUT2D eigenvalue weighted by molar-refractivity contribution is 7.99. The molecule has 0 unspecified atom stereocenters. The Bertz CT molecular complexity index is 1080. The molecular weight excluding hydrogens is 432 g/mol. The highest BCUT2D eigenvalue weighted by Crippen LogP contribution is 2.25. The molecule has 3 aromatic rings. The van der Waals surface area contributed by atoms with E-state index in [1.807, 2.05) is 24.3 Å². The van der Waals surface area contributed by atoms with Gasteiger partial charge in [0.25, 0.3) is 10.9 Å². The smallest absolute Gasteiger partial charge is 0.277 e. The fourth-order valence-electron chi connectivity index (χ4n) is 3.26. The van der Waals surface area contributed by atoms with Gasteiger partial charge in [0.2, 0.25) is 11.8 Å². The highest BCUT2D eigenvalue weighted by Gasteiger charge is 2.15.